The molecule has 0 aromatic carbocycles. The van der Waals surface area contributed by atoms with Crippen LogP contribution in [0, 0.1) is 0 Å². The molecule has 130 valence electrons. The molecule has 0 radical (unpaired) electrons. The van der Waals surface area contributed by atoms with Crippen molar-refractivity contribution in [2.24, 2.45) is 0 Å². The zero-order valence-corrected chi connectivity index (χ0v) is 12.4. The topological polar surface area (TPSA) is 42.4 Å². The minimum atomic E-state index is -4.63. The van der Waals surface area contributed by atoms with Crippen LogP contribution in [-0.4, -0.2) is 24.1 Å². The van der Waals surface area contributed by atoms with Crippen molar-refractivity contribution >= 4 is 23.6 Å². The van der Waals surface area contributed by atoms with E-state index in [0.717, 1.165) is 17.5 Å². The van der Waals surface area contributed by atoms with Crippen molar-refractivity contribution in [2.75, 3.05) is 11.4 Å². The lowest BCUT2D eigenvalue weighted by atomic mass is 10.4. The third-order valence-electron chi connectivity index (χ3n) is 2.56. The molecule has 0 N–H and O–H groups in total. The molecule has 11 heteroatoms. The smallest absolute Gasteiger partial charge is 0.425 e. The van der Waals surface area contributed by atoms with Crippen LogP contribution < -0.4 is 9.64 Å². The lowest BCUT2D eigenvalue weighted by molar-refractivity contribution is -0.134. The molecule has 0 atom stereocenters. The summed E-state index contributed by atoms with van der Waals surface area (Å²) in [6.07, 6.45) is -9.21. The molecule has 0 bridgehead atoms. The molecule has 0 aliphatic rings. The fourth-order valence-corrected chi connectivity index (χ4v) is 2.30. The highest BCUT2D eigenvalue weighted by Gasteiger charge is 2.33. The molecule has 0 saturated carbocycles. The Kier molecular flexibility index (Phi) is 5.02. The molecule has 2 aromatic heterocycles. The first-order valence-electron chi connectivity index (χ1n) is 6.18. The summed E-state index contributed by atoms with van der Waals surface area (Å²) in [6.45, 7) is -1.55. The Hall–Kier alpha value is -2.30. The van der Waals surface area contributed by atoms with Gasteiger partial charge in [0.15, 0.2) is 0 Å². The van der Waals surface area contributed by atoms with Gasteiger partial charge in [-0.3, -0.25) is 9.69 Å². The van der Waals surface area contributed by atoms with Gasteiger partial charge in [-0.1, -0.05) is 6.07 Å². The number of rotatable bonds is 5. The van der Waals surface area contributed by atoms with Crippen molar-refractivity contribution in [1.29, 1.82) is 0 Å². The van der Waals surface area contributed by atoms with Gasteiger partial charge in [0.1, 0.15) is 23.0 Å². The van der Waals surface area contributed by atoms with E-state index in [4.69, 9.17) is 4.74 Å². The summed E-state index contributed by atoms with van der Waals surface area (Å²) in [5.74, 6) is -0.746. The van der Waals surface area contributed by atoms with Gasteiger partial charge in [0, 0.05) is 17.5 Å². The average molecular weight is 370 g/mol. The molecule has 0 aliphatic heterocycles. The van der Waals surface area contributed by atoms with E-state index < -0.39 is 23.8 Å². The number of nitrogens with zero attached hydrogens (tertiary/aromatic N) is 2. The number of carbonyl (C=O) groups excluding carboxylic acids is 1. The number of amides is 1. The lowest BCUT2D eigenvalue weighted by Gasteiger charge is -2.18. The Balaban J connectivity index is 2.18. The van der Waals surface area contributed by atoms with Crippen molar-refractivity contribution in [3.63, 3.8) is 0 Å². The Morgan fingerprint density at radius 1 is 1.21 bits per heavy atom. The van der Waals surface area contributed by atoms with Crippen LogP contribution in [0.15, 0.2) is 29.6 Å². The SMILES string of the molecule is O=CN(CC(F)(F)F)c1cccc(Oc2csc(C(F)(F)F)c2)n1. The minimum absolute atomic E-state index is 0.0497. The summed E-state index contributed by atoms with van der Waals surface area (Å²) in [7, 11) is 0. The second kappa shape index (κ2) is 6.67. The van der Waals surface area contributed by atoms with E-state index in [1.165, 1.54) is 12.1 Å². The standard InChI is InChI=1S/C13H8F6N2O2S/c14-12(15,16)6-21(7-22)10-2-1-3-11(20-10)23-8-4-9(24-5-8)13(17,18)19/h1-5,7H,6H2. The van der Waals surface area contributed by atoms with E-state index in [-0.39, 0.29) is 23.9 Å². The second-order valence-electron chi connectivity index (χ2n) is 4.43. The fourth-order valence-electron chi connectivity index (χ4n) is 1.63. The molecular weight excluding hydrogens is 362 g/mol. The van der Waals surface area contributed by atoms with Crippen LogP contribution in [0.5, 0.6) is 11.6 Å². The molecule has 0 fully saturated rings. The molecule has 24 heavy (non-hydrogen) atoms. The maximum Gasteiger partial charge on any atom is 0.425 e. The molecule has 2 heterocycles. The highest BCUT2D eigenvalue weighted by Crippen LogP contribution is 2.37. The van der Waals surface area contributed by atoms with Gasteiger partial charge in [0.05, 0.1) is 0 Å². The van der Waals surface area contributed by atoms with Gasteiger partial charge in [0.2, 0.25) is 12.3 Å². The largest absolute Gasteiger partial charge is 0.438 e. The highest BCUT2D eigenvalue weighted by atomic mass is 32.1. The van der Waals surface area contributed by atoms with Crippen LogP contribution in [0.1, 0.15) is 4.88 Å². The van der Waals surface area contributed by atoms with E-state index in [1.807, 2.05) is 0 Å². The van der Waals surface area contributed by atoms with Crippen LogP contribution in [0.3, 0.4) is 0 Å². The molecule has 2 rings (SSSR count). The van der Waals surface area contributed by atoms with Gasteiger partial charge < -0.3 is 4.74 Å². The molecule has 2 aromatic rings. The van der Waals surface area contributed by atoms with Gasteiger partial charge in [-0.05, 0) is 6.07 Å². The van der Waals surface area contributed by atoms with Crippen LogP contribution >= 0.6 is 11.3 Å². The molecule has 0 aliphatic carbocycles. The molecule has 0 saturated heterocycles. The third-order valence-corrected chi connectivity index (χ3v) is 3.51. The van der Waals surface area contributed by atoms with Crippen molar-refractivity contribution in [2.45, 2.75) is 12.4 Å². The minimum Gasteiger partial charge on any atom is -0.438 e. The fraction of sp³-hybridized carbons (Fsp3) is 0.231. The Labute approximate surface area is 135 Å². The Bertz CT molecular complexity index is 713. The summed E-state index contributed by atoms with van der Waals surface area (Å²) >= 11 is 0.405. The van der Waals surface area contributed by atoms with Crippen LogP contribution in [-0.2, 0) is 11.0 Å². The number of aromatic nitrogens is 1. The molecule has 0 unspecified atom stereocenters. The van der Waals surface area contributed by atoms with E-state index in [9.17, 15) is 31.1 Å². The van der Waals surface area contributed by atoms with Crippen LogP contribution in [0.4, 0.5) is 32.2 Å². The average Bonchev–Trinajstić information content (AvgIpc) is 2.92. The third kappa shape index (κ3) is 4.85. The Morgan fingerprint density at radius 3 is 2.46 bits per heavy atom. The monoisotopic (exact) mass is 370 g/mol. The van der Waals surface area contributed by atoms with Gasteiger partial charge in [0.25, 0.3) is 0 Å². The molecule has 1 amide bonds. The maximum absolute atomic E-state index is 12.5. The summed E-state index contributed by atoms with van der Waals surface area (Å²) in [5, 5.41) is 1.09. The number of pyridine rings is 1. The van der Waals surface area contributed by atoms with Crippen molar-refractivity contribution in [1.82, 2.24) is 4.98 Å². The predicted octanol–water partition coefficient (Wildman–Crippen LogP) is 4.48. The zero-order valence-electron chi connectivity index (χ0n) is 11.6. The number of hydrogen-bond acceptors (Lipinski definition) is 4. The summed E-state index contributed by atoms with van der Waals surface area (Å²) in [6, 6.07) is 4.39. The van der Waals surface area contributed by atoms with Gasteiger partial charge >= 0.3 is 12.4 Å². The van der Waals surface area contributed by atoms with Gasteiger partial charge in [-0.25, -0.2) is 0 Å². The van der Waals surface area contributed by atoms with E-state index in [0.29, 0.717) is 16.2 Å². The van der Waals surface area contributed by atoms with E-state index in [2.05, 4.69) is 4.98 Å². The first-order valence-corrected chi connectivity index (χ1v) is 7.06. The predicted molar refractivity (Wildman–Crippen MR) is 73.1 cm³/mol. The number of ether oxygens (including phenoxy) is 1. The first-order chi connectivity index (χ1) is 11.1. The van der Waals surface area contributed by atoms with Crippen molar-refractivity contribution in [3.05, 3.63) is 34.5 Å². The Morgan fingerprint density at radius 2 is 1.92 bits per heavy atom. The summed E-state index contributed by atoms with van der Waals surface area (Å²) in [5.41, 5.74) is 0. The number of anilines is 1. The summed E-state index contributed by atoms with van der Waals surface area (Å²) in [4.78, 5) is 13.9. The number of hydrogen-bond donors (Lipinski definition) is 0. The number of thiophene rings is 1. The van der Waals surface area contributed by atoms with Gasteiger partial charge in [-0.2, -0.15) is 31.3 Å². The number of halogens is 6. The highest BCUT2D eigenvalue weighted by molar-refractivity contribution is 7.10. The molecule has 4 nitrogen and oxygen atoms in total. The quantitative estimate of drug-likeness (QED) is 0.576. The second-order valence-corrected chi connectivity index (χ2v) is 5.34. The number of alkyl halides is 6. The number of carbonyl (C=O) groups is 1. The van der Waals surface area contributed by atoms with Crippen LogP contribution in [0.25, 0.3) is 0 Å². The summed E-state index contributed by atoms with van der Waals surface area (Å²) < 4.78 is 79.7. The zero-order chi connectivity index (χ0) is 18.0. The maximum atomic E-state index is 12.5. The first kappa shape index (κ1) is 18.0. The van der Waals surface area contributed by atoms with Crippen molar-refractivity contribution < 1.29 is 35.9 Å². The van der Waals surface area contributed by atoms with Gasteiger partial charge in [-0.15, -0.1) is 11.3 Å². The lowest BCUT2D eigenvalue weighted by Crippen LogP contribution is -2.33. The van der Waals surface area contributed by atoms with Crippen LogP contribution in [0.2, 0.25) is 0 Å². The van der Waals surface area contributed by atoms with E-state index >= 15 is 0 Å². The van der Waals surface area contributed by atoms with E-state index in [1.54, 1.807) is 0 Å². The van der Waals surface area contributed by atoms with Crippen molar-refractivity contribution in [3.8, 4) is 11.6 Å². The molecular formula is C13H8F6N2O2S. The normalized spacial score (nSPS) is 12.1. The molecule has 0 spiro atoms.